The smallest absolute Gasteiger partial charge is 0.249 e. The molecule has 0 aliphatic carbocycles. The van der Waals surface area contributed by atoms with Crippen LogP contribution in [-0.2, 0) is 9.59 Å². The molecule has 4 nitrogen and oxygen atoms in total. The first-order chi connectivity index (χ1) is 7.18. The quantitative estimate of drug-likeness (QED) is 0.715. The minimum atomic E-state index is -0.375. The molecule has 1 aliphatic heterocycles. The van der Waals surface area contributed by atoms with E-state index in [0.717, 1.165) is 5.69 Å². The monoisotopic (exact) mass is 204 g/mol. The van der Waals surface area contributed by atoms with Crippen molar-refractivity contribution >= 4 is 17.5 Å². The number of likely N-dealkylation sites (N-methyl/N-ethyl adjacent to an activating group) is 1. The van der Waals surface area contributed by atoms with E-state index in [1.807, 2.05) is 42.3 Å². The van der Waals surface area contributed by atoms with Gasteiger partial charge in [0.25, 0.3) is 0 Å². The molecule has 0 saturated carbocycles. The second-order valence-electron chi connectivity index (χ2n) is 3.58. The van der Waals surface area contributed by atoms with Crippen molar-refractivity contribution in [2.75, 3.05) is 11.9 Å². The molecule has 1 aromatic rings. The number of anilines is 1. The highest BCUT2D eigenvalue weighted by Gasteiger charge is 2.33. The number of amides is 2. The van der Waals surface area contributed by atoms with Crippen molar-refractivity contribution in [1.82, 2.24) is 5.32 Å². The molecule has 1 aliphatic rings. The minimum Gasteiger partial charge on any atom is -0.362 e. The summed E-state index contributed by atoms with van der Waals surface area (Å²) in [5.41, 5.74) is 0.937. The summed E-state index contributed by atoms with van der Waals surface area (Å²) in [5, 5.41) is 2.30. The predicted molar refractivity (Wildman–Crippen MR) is 56.4 cm³/mol. The molecule has 1 fully saturated rings. The van der Waals surface area contributed by atoms with Crippen LogP contribution in [0.2, 0.25) is 0 Å². The lowest BCUT2D eigenvalue weighted by Crippen LogP contribution is -2.37. The summed E-state index contributed by atoms with van der Waals surface area (Å²) >= 11 is 0. The van der Waals surface area contributed by atoms with E-state index in [4.69, 9.17) is 0 Å². The molecule has 1 heterocycles. The topological polar surface area (TPSA) is 49.4 Å². The van der Waals surface area contributed by atoms with Gasteiger partial charge in [-0.1, -0.05) is 18.2 Å². The van der Waals surface area contributed by atoms with Crippen LogP contribution in [0.15, 0.2) is 30.3 Å². The van der Waals surface area contributed by atoms with Crippen LogP contribution in [0.25, 0.3) is 0 Å². The molecule has 1 aromatic carbocycles. The Kier molecular flexibility index (Phi) is 2.41. The first-order valence-electron chi connectivity index (χ1n) is 4.80. The highest BCUT2D eigenvalue weighted by Crippen LogP contribution is 2.18. The van der Waals surface area contributed by atoms with Crippen molar-refractivity contribution < 1.29 is 9.59 Å². The number of para-hydroxylation sites is 1. The molecule has 1 saturated heterocycles. The summed E-state index contributed by atoms with van der Waals surface area (Å²) in [6.45, 7) is 0. The standard InChI is InChI=1S/C11H12N2O2/c1-13(8-5-3-2-4-6-8)9-7-10(14)12-11(9)15/h2-6,9H,7H2,1H3,(H,12,14,15). The van der Waals surface area contributed by atoms with Crippen molar-refractivity contribution in [3.8, 4) is 0 Å². The Hall–Kier alpha value is -1.84. The molecule has 0 spiro atoms. The summed E-state index contributed by atoms with van der Waals surface area (Å²) in [6, 6.07) is 9.17. The normalized spacial score (nSPS) is 20.2. The van der Waals surface area contributed by atoms with Gasteiger partial charge in [0, 0.05) is 12.7 Å². The molecule has 0 aromatic heterocycles. The van der Waals surface area contributed by atoms with Crippen LogP contribution in [-0.4, -0.2) is 24.9 Å². The molecule has 1 N–H and O–H groups in total. The third-order valence-electron chi connectivity index (χ3n) is 2.57. The van der Waals surface area contributed by atoms with Gasteiger partial charge in [0.15, 0.2) is 0 Å². The molecular weight excluding hydrogens is 192 g/mol. The Balaban J connectivity index is 2.18. The Bertz CT molecular complexity index is 389. The highest BCUT2D eigenvalue weighted by molar-refractivity contribution is 6.06. The second-order valence-corrected chi connectivity index (χ2v) is 3.58. The summed E-state index contributed by atoms with van der Waals surface area (Å²) in [7, 11) is 1.82. The Morgan fingerprint density at radius 2 is 1.93 bits per heavy atom. The van der Waals surface area contributed by atoms with Crippen LogP contribution < -0.4 is 10.2 Å². The highest BCUT2D eigenvalue weighted by atomic mass is 16.2. The van der Waals surface area contributed by atoms with Crippen molar-refractivity contribution in [3.63, 3.8) is 0 Å². The minimum absolute atomic E-state index is 0.201. The fraction of sp³-hybridized carbons (Fsp3) is 0.273. The summed E-state index contributed by atoms with van der Waals surface area (Å²) in [4.78, 5) is 24.3. The molecule has 1 unspecified atom stereocenters. The Morgan fingerprint density at radius 1 is 1.27 bits per heavy atom. The predicted octanol–water partition coefficient (Wildman–Crippen LogP) is 0.538. The number of nitrogens with zero attached hydrogens (tertiary/aromatic N) is 1. The molecule has 2 amide bonds. The average molecular weight is 204 g/mol. The lowest BCUT2D eigenvalue weighted by molar-refractivity contribution is -0.125. The van der Waals surface area contributed by atoms with Crippen LogP contribution >= 0.6 is 0 Å². The maximum absolute atomic E-state index is 11.4. The van der Waals surface area contributed by atoms with Crippen LogP contribution in [0, 0.1) is 0 Å². The first kappa shape index (κ1) is 9.71. The van der Waals surface area contributed by atoms with E-state index >= 15 is 0 Å². The summed E-state index contributed by atoms with van der Waals surface area (Å²) < 4.78 is 0. The zero-order valence-electron chi connectivity index (χ0n) is 8.43. The van der Waals surface area contributed by atoms with Gasteiger partial charge in [0.2, 0.25) is 11.8 Å². The van der Waals surface area contributed by atoms with Gasteiger partial charge < -0.3 is 4.90 Å². The molecule has 78 valence electrons. The number of hydrogen-bond donors (Lipinski definition) is 1. The number of carbonyl (C=O) groups excluding carboxylic acids is 2. The van der Waals surface area contributed by atoms with E-state index < -0.39 is 0 Å². The number of rotatable bonds is 2. The van der Waals surface area contributed by atoms with Gasteiger partial charge in [0.1, 0.15) is 6.04 Å². The first-order valence-corrected chi connectivity index (χ1v) is 4.80. The number of imide groups is 1. The average Bonchev–Trinajstić information content (AvgIpc) is 2.58. The summed E-state index contributed by atoms with van der Waals surface area (Å²) in [5.74, 6) is -0.417. The third kappa shape index (κ3) is 1.83. The van der Waals surface area contributed by atoms with E-state index in [9.17, 15) is 9.59 Å². The number of benzene rings is 1. The fourth-order valence-corrected chi connectivity index (χ4v) is 1.70. The van der Waals surface area contributed by atoms with E-state index in [1.54, 1.807) is 0 Å². The van der Waals surface area contributed by atoms with Crippen LogP contribution in [0.5, 0.6) is 0 Å². The lowest BCUT2D eigenvalue weighted by Gasteiger charge is -2.23. The Morgan fingerprint density at radius 3 is 2.47 bits per heavy atom. The van der Waals surface area contributed by atoms with E-state index in [-0.39, 0.29) is 24.3 Å². The molecule has 15 heavy (non-hydrogen) atoms. The number of hydrogen-bond acceptors (Lipinski definition) is 3. The van der Waals surface area contributed by atoms with Gasteiger partial charge in [0.05, 0.1) is 6.42 Å². The third-order valence-corrected chi connectivity index (χ3v) is 2.57. The maximum Gasteiger partial charge on any atom is 0.249 e. The van der Waals surface area contributed by atoms with Gasteiger partial charge in [-0.25, -0.2) is 0 Å². The molecule has 0 bridgehead atoms. The SMILES string of the molecule is CN(c1ccccc1)C1CC(=O)NC1=O. The van der Waals surface area contributed by atoms with Crippen LogP contribution in [0.3, 0.4) is 0 Å². The van der Waals surface area contributed by atoms with Crippen molar-refractivity contribution in [2.24, 2.45) is 0 Å². The van der Waals surface area contributed by atoms with Gasteiger partial charge in [-0.3, -0.25) is 14.9 Å². The number of carbonyl (C=O) groups is 2. The number of nitrogens with one attached hydrogen (secondary N) is 1. The largest absolute Gasteiger partial charge is 0.362 e. The zero-order chi connectivity index (χ0) is 10.8. The van der Waals surface area contributed by atoms with Gasteiger partial charge in [-0.2, -0.15) is 0 Å². The van der Waals surface area contributed by atoms with Crippen molar-refractivity contribution in [1.29, 1.82) is 0 Å². The molecule has 2 rings (SSSR count). The summed E-state index contributed by atoms with van der Waals surface area (Å²) in [6.07, 6.45) is 0.240. The molecule has 0 radical (unpaired) electrons. The Labute approximate surface area is 87.9 Å². The van der Waals surface area contributed by atoms with Crippen molar-refractivity contribution in [2.45, 2.75) is 12.5 Å². The van der Waals surface area contributed by atoms with E-state index in [1.165, 1.54) is 0 Å². The van der Waals surface area contributed by atoms with Gasteiger partial charge in [-0.05, 0) is 12.1 Å². The molecular formula is C11H12N2O2. The van der Waals surface area contributed by atoms with Crippen LogP contribution in [0.1, 0.15) is 6.42 Å². The molecule has 4 heteroatoms. The maximum atomic E-state index is 11.4. The second kappa shape index (κ2) is 3.73. The van der Waals surface area contributed by atoms with Crippen molar-refractivity contribution in [3.05, 3.63) is 30.3 Å². The van der Waals surface area contributed by atoms with E-state index in [0.29, 0.717) is 0 Å². The zero-order valence-corrected chi connectivity index (χ0v) is 8.43. The fourth-order valence-electron chi connectivity index (χ4n) is 1.70. The lowest BCUT2D eigenvalue weighted by atomic mass is 10.2. The van der Waals surface area contributed by atoms with Gasteiger partial charge >= 0.3 is 0 Å². The van der Waals surface area contributed by atoms with Gasteiger partial charge in [-0.15, -0.1) is 0 Å². The van der Waals surface area contributed by atoms with Crippen LogP contribution in [0.4, 0.5) is 5.69 Å². The van der Waals surface area contributed by atoms with E-state index in [2.05, 4.69) is 5.32 Å². The molecule has 1 atom stereocenters.